The first-order valence-corrected chi connectivity index (χ1v) is 9.36. The highest BCUT2D eigenvalue weighted by Crippen LogP contribution is 2.28. The minimum atomic E-state index is 0.207. The highest BCUT2D eigenvalue weighted by atomic mass is 16.5. The number of carbonyl (C=O) groups is 1. The standard InChI is InChI=1S/C22H28N2O3/c1-23-13-14-24(16-19(23)18-7-5-4-6-8-18)22(25)12-10-17-9-11-20(26-2)21(15-17)27-3/h4-9,11,15,19H,10,12-14,16H2,1-3H3. The van der Waals surface area contributed by atoms with Crippen LogP contribution in [0.15, 0.2) is 48.5 Å². The molecule has 144 valence electrons. The smallest absolute Gasteiger partial charge is 0.223 e. The molecule has 27 heavy (non-hydrogen) atoms. The molecule has 2 aromatic carbocycles. The van der Waals surface area contributed by atoms with E-state index in [-0.39, 0.29) is 11.9 Å². The SMILES string of the molecule is COc1ccc(CCC(=O)N2CCN(C)C(c3ccccc3)C2)cc1OC. The number of carbonyl (C=O) groups excluding carboxylic acids is 1. The second-order valence-electron chi connectivity index (χ2n) is 6.94. The molecule has 1 fully saturated rings. The van der Waals surface area contributed by atoms with Crippen molar-refractivity contribution in [2.24, 2.45) is 0 Å². The summed E-state index contributed by atoms with van der Waals surface area (Å²) in [5.41, 5.74) is 2.34. The Labute approximate surface area is 161 Å². The minimum Gasteiger partial charge on any atom is -0.493 e. The number of nitrogens with zero attached hydrogens (tertiary/aromatic N) is 2. The van der Waals surface area contributed by atoms with Gasteiger partial charge in [0, 0.05) is 26.1 Å². The maximum atomic E-state index is 12.8. The van der Waals surface area contributed by atoms with Gasteiger partial charge in [-0.3, -0.25) is 9.69 Å². The molecule has 1 unspecified atom stereocenters. The highest BCUT2D eigenvalue weighted by molar-refractivity contribution is 5.76. The van der Waals surface area contributed by atoms with E-state index < -0.39 is 0 Å². The van der Waals surface area contributed by atoms with Crippen molar-refractivity contribution in [3.8, 4) is 11.5 Å². The number of amides is 1. The summed E-state index contributed by atoms with van der Waals surface area (Å²) < 4.78 is 10.6. The quantitative estimate of drug-likeness (QED) is 0.786. The summed E-state index contributed by atoms with van der Waals surface area (Å²) in [6.45, 7) is 2.41. The van der Waals surface area contributed by atoms with Crippen molar-refractivity contribution in [1.82, 2.24) is 9.80 Å². The molecule has 0 saturated carbocycles. The summed E-state index contributed by atoms with van der Waals surface area (Å²) in [5.74, 6) is 1.61. The van der Waals surface area contributed by atoms with Gasteiger partial charge in [0.25, 0.3) is 0 Å². The highest BCUT2D eigenvalue weighted by Gasteiger charge is 2.28. The average Bonchev–Trinajstić information content (AvgIpc) is 2.72. The third kappa shape index (κ3) is 4.61. The van der Waals surface area contributed by atoms with Crippen LogP contribution in [0.5, 0.6) is 11.5 Å². The number of hydrogen-bond donors (Lipinski definition) is 0. The fraction of sp³-hybridized carbons (Fsp3) is 0.409. The number of aryl methyl sites for hydroxylation is 1. The molecule has 0 radical (unpaired) electrons. The van der Waals surface area contributed by atoms with E-state index in [9.17, 15) is 4.79 Å². The summed E-state index contributed by atoms with van der Waals surface area (Å²) in [6.07, 6.45) is 1.20. The van der Waals surface area contributed by atoms with Crippen LogP contribution in [-0.4, -0.2) is 56.6 Å². The number of rotatable bonds is 6. The van der Waals surface area contributed by atoms with Crippen LogP contribution in [0, 0.1) is 0 Å². The lowest BCUT2D eigenvalue weighted by molar-refractivity contribution is -0.134. The van der Waals surface area contributed by atoms with Gasteiger partial charge < -0.3 is 14.4 Å². The zero-order chi connectivity index (χ0) is 19.2. The van der Waals surface area contributed by atoms with Crippen molar-refractivity contribution in [3.05, 3.63) is 59.7 Å². The molecule has 1 aliphatic rings. The molecule has 0 aliphatic carbocycles. The van der Waals surface area contributed by atoms with E-state index in [4.69, 9.17) is 9.47 Å². The number of methoxy groups -OCH3 is 2. The lowest BCUT2D eigenvalue weighted by atomic mass is 10.0. The van der Waals surface area contributed by atoms with E-state index in [0.717, 1.165) is 25.2 Å². The Kier molecular flexibility index (Phi) is 6.35. The van der Waals surface area contributed by atoms with Crippen LogP contribution in [0.3, 0.4) is 0 Å². The van der Waals surface area contributed by atoms with Gasteiger partial charge in [-0.15, -0.1) is 0 Å². The van der Waals surface area contributed by atoms with Crippen molar-refractivity contribution in [3.63, 3.8) is 0 Å². The Hall–Kier alpha value is -2.53. The summed E-state index contributed by atoms with van der Waals surface area (Å²) in [4.78, 5) is 17.1. The van der Waals surface area contributed by atoms with Crippen molar-refractivity contribution in [2.75, 3.05) is 40.9 Å². The first kappa shape index (κ1) is 19.2. The van der Waals surface area contributed by atoms with Crippen molar-refractivity contribution in [1.29, 1.82) is 0 Å². The van der Waals surface area contributed by atoms with Crippen LogP contribution in [0.4, 0.5) is 0 Å². The topological polar surface area (TPSA) is 42.0 Å². The van der Waals surface area contributed by atoms with Gasteiger partial charge in [-0.05, 0) is 36.7 Å². The molecule has 5 nitrogen and oxygen atoms in total. The molecule has 5 heteroatoms. The van der Waals surface area contributed by atoms with E-state index in [0.29, 0.717) is 24.3 Å². The van der Waals surface area contributed by atoms with Gasteiger partial charge in [0.15, 0.2) is 11.5 Å². The summed E-state index contributed by atoms with van der Waals surface area (Å²) in [5, 5.41) is 0. The van der Waals surface area contributed by atoms with E-state index >= 15 is 0 Å². The van der Waals surface area contributed by atoms with Gasteiger partial charge in [0.1, 0.15) is 0 Å². The molecular formula is C22H28N2O3. The van der Waals surface area contributed by atoms with Crippen LogP contribution < -0.4 is 9.47 Å². The second kappa shape index (κ2) is 8.91. The van der Waals surface area contributed by atoms with E-state index in [1.54, 1.807) is 14.2 Å². The molecule has 0 spiro atoms. The van der Waals surface area contributed by atoms with Gasteiger partial charge in [0.05, 0.1) is 20.3 Å². The maximum absolute atomic E-state index is 12.8. The molecule has 1 amide bonds. The predicted molar refractivity (Wildman–Crippen MR) is 106 cm³/mol. The molecule has 1 saturated heterocycles. The molecule has 1 aliphatic heterocycles. The summed E-state index contributed by atoms with van der Waals surface area (Å²) >= 11 is 0. The van der Waals surface area contributed by atoms with Crippen LogP contribution in [-0.2, 0) is 11.2 Å². The molecular weight excluding hydrogens is 340 g/mol. The molecule has 2 aromatic rings. The Morgan fingerprint density at radius 3 is 2.48 bits per heavy atom. The Morgan fingerprint density at radius 2 is 1.78 bits per heavy atom. The number of hydrogen-bond acceptors (Lipinski definition) is 4. The maximum Gasteiger partial charge on any atom is 0.223 e. The van der Waals surface area contributed by atoms with Crippen molar-refractivity contribution < 1.29 is 14.3 Å². The van der Waals surface area contributed by atoms with Crippen LogP contribution in [0.2, 0.25) is 0 Å². The Balaban J connectivity index is 1.61. The lowest BCUT2D eigenvalue weighted by Crippen LogP contribution is -2.49. The lowest BCUT2D eigenvalue weighted by Gasteiger charge is -2.39. The minimum absolute atomic E-state index is 0.207. The van der Waals surface area contributed by atoms with Gasteiger partial charge in [-0.1, -0.05) is 36.4 Å². The number of piperazine rings is 1. The van der Waals surface area contributed by atoms with Gasteiger partial charge >= 0.3 is 0 Å². The summed E-state index contributed by atoms with van der Waals surface area (Å²) in [7, 11) is 5.38. The van der Waals surface area contributed by atoms with Crippen LogP contribution >= 0.6 is 0 Å². The van der Waals surface area contributed by atoms with Crippen molar-refractivity contribution >= 4 is 5.91 Å². The normalized spacial score (nSPS) is 17.6. The van der Waals surface area contributed by atoms with E-state index in [2.05, 4.69) is 36.2 Å². The number of ether oxygens (including phenoxy) is 2. The van der Waals surface area contributed by atoms with Gasteiger partial charge in [-0.2, -0.15) is 0 Å². The van der Waals surface area contributed by atoms with Crippen LogP contribution in [0.25, 0.3) is 0 Å². The third-order valence-corrected chi connectivity index (χ3v) is 5.26. The van der Waals surface area contributed by atoms with Gasteiger partial charge in [0.2, 0.25) is 5.91 Å². The molecule has 1 atom stereocenters. The van der Waals surface area contributed by atoms with E-state index in [1.807, 2.05) is 29.2 Å². The molecule has 1 heterocycles. The zero-order valence-electron chi connectivity index (χ0n) is 16.4. The molecule has 0 aromatic heterocycles. The monoisotopic (exact) mass is 368 g/mol. The molecule has 0 N–H and O–H groups in total. The Morgan fingerprint density at radius 1 is 1.04 bits per heavy atom. The summed E-state index contributed by atoms with van der Waals surface area (Å²) in [6, 6.07) is 16.5. The van der Waals surface area contributed by atoms with Crippen molar-refractivity contribution in [2.45, 2.75) is 18.9 Å². The fourth-order valence-corrected chi connectivity index (χ4v) is 3.58. The fourth-order valence-electron chi connectivity index (χ4n) is 3.58. The second-order valence-corrected chi connectivity index (χ2v) is 6.94. The number of likely N-dealkylation sites (N-methyl/N-ethyl adjacent to an activating group) is 1. The number of benzene rings is 2. The zero-order valence-corrected chi connectivity index (χ0v) is 16.4. The third-order valence-electron chi connectivity index (χ3n) is 5.26. The van der Waals surface area contributed by atoms with E-state index in [1.165, 1.54) is 5.56 Å². The Bertz CT molecular complexity index is 763. The van der Waals surface area contributed by atoms with Gasteiger partial charge in [-0.25, -0.2) is 0 Å². The first-order chi connectivity index (χ1) is 13.1. The van der Waals surface area contributed by atoms with Crippen LogP contribution in [0.1, 0.15) is 23.6 Å². The molecule has 3 rings (SSSR count). The predicted octanol–water partition coefficient (Wildman–Crippen LogP) is 3.15. The molecule has 0 bridgehead atoms. The average molecular weight is 368 g/mol. The first-order valence-electron chi connectivity index (χ1n) is 9.36. The largest absolute Gasteiger partial charge is 0.493 e.